The number of nitrogens with zero attached hydrogens (tertiary/aromatic N) is 4. The fourth-order valence-corrected chi connectivity index (χ4v) is 5.24. The number of aryl methyl sites for hydroxylation is 1. The van der Waals surface area contributed by atoms with Gasteiger partial charge in [0, 0.05) is 29.8 Å². The Bertz CT molecular complexity index is 1500. The highest BCUT2D eigenvalue weighted by Crippen LogP contribution is 2.50. The zero-order chi connectivity index (χ0) is 27.8. The summed E-state index contributed by atoms with van der Waals surface area (Å²) in [6, 6.07) is 17.6. The predicted octanol–water partition coefficient (Wildman–Crippen LogP) is 4.72. The van der Waals surface area contributed by atoms with Crippen LogP contribution < -0.4 is 4.83 Å². The van der Waals surface area contributed by atoms with Crippen molar-refractivity contribution in [3.8, 4) is 0 Å². The molecule has 4 rings (SSSR count). The average Bonchev–Trinajstić information content (AvgIpc) is 3.61. The molecule has 1 unspecified atom stereocenters. The number of benzene rings is 3. The number of hydrogen-bond acceptors (Lipinski definition) is 8. The fraction of sp³-hybridized carbons (Fsp3) is 0.269. The van der Waals surface area contributed by atoms with Gasteiger partial charge in [-0.3, -0.25) is 25.1 Å². The lowest BCUT2D eigenvalue weighted by Crippen LogP contribution is -2.31. The van der Waals surface area contributed by atoms with Crippen molar-refractivity contribution in [2.24, 2.45) is 5.10 Å². The zero-order valence-corrected chi connectivity index (χ0v) is 22.0. The standard InChI is InChI=1S/C26H27N5O6S/c1-17-5-15-22(16-6-17)38(36,37)28-27-23(18-7-11-20(12-8-18)30(32)33)25-24(29(25)26(2,3)4)19-9-13-21(14-10-19)31(34)35/h5-16,24-25,28H,1-4H3/b27-23-/t24-,25+,29?/m0/s1. The van der Waals surface area contributed by atoms with Crippen molar-refractivity contribution < 1.29 is 18.3 Å². The molecule has 198 valence electrons. The molecule has 1 N–H and O–H groups in total. The Morgan fingerprint density at radius 1 is 0.868 bits per heavy atom. The zero-order valence-electron chi connectivity index (χ0n) is 21.2. The van der Waals surface area contributed by atoms with Crippen LogP contribution in [0.4, 0.5) is 11.4 Å². The molecule has 0 bridgehead atoms. The van der Waals surface area contributed by atoms with Gasteiger partial charge < -0.3 is 0 Å². The Balaban J connectivity index is 1.77. The van der Waals surface area contributed by atoms with E-state index in [1.807, 2.05) is 27.7 Å². The Morgan fingerprint density at radius 3 is 1.84 bits per heavy atom. The average molecular weight is 538 g/mol. The number of nitrogens with one attached hydrogen (secondary N) is 1. The van der Waals surface area contributed by atoms with Crippen LogP contribution in [-0.2, 0) is 10.0 Å². The molecule has 1 fully saturated rings. The predicted molar refractivity (Wildman–Crippen MR) is 142 cm³/mol. The van der Waals surface area contributed by atoms with Crippen LogP contribution in [0.15, 0.2) is 82.8 Å². The molecule has 12 heteroatoms. The van der Waals surface area contributed by atoms with E-state index in [1.165, 1.54) is 48.5 Å². The first-order valence-corrected chi connectivity index (χ1v) is 13.2. The minimum absolute atomic E-state index is 0.0385. The lowest BCUT2D eigenvalue weighted by molar-refractivity contribution is -0.385. The quantitative estimate of drug-likeness (QED) is 0.189. The third-order valence-corrected chi connectivity index (χ3v) is 7.52. The third-order valence-electron chi connectivity index (χ3n) is 6.30. The van der Waals surface area contributed by atoms with Crippen molar-refractivity contribution in [2.45, 2.75) is 50.2 Å². The van der Waals surface area contributed by atoms with E-state index in [1.54, 1.807) is 24.3 Å². The fourth-order valence-electron chi connectivity index (χ4n) is 4.42. The molecule has 0 aliphatic carbocycles. The van der Waals surface area contributed by atoms with Gasteiger partial charge in [-0.2, -0.15) is 18.4 Å². The van der Waals surface area contributed by atoms with Crippen LogP contribution in [0.5, 0.6) is 0 Å². The molecule has 0 aromatic heterocycles. The molecule has 1 heterocycles. The third kappa shape index (κ3) is 5.55. The summed E-state index contributed by atoms with van der Waals surface area (Å²) in [6.45, 7) is 7.83. The summed E-state index contributed by atoms with van der Waals surface area (Å²) in [5, 5.41) is 26.7. The van der Waals surface area contributed by atoms with E-state index in [0.717, 1.165) is 11.1 Å². The van der Waals surface area contributed by atoms with E-state index >= 15 is 0 Å². The number of non-ortho nitro benzene ring substituents is 2. The van der Waals surface area contributed by atoms with Gasteiger partial charge in [0.25, 0.3) is 21.4 Å². The van der Waals surface area contributed by atoms with Gasteiger partial charge >= 0.3 is 0 Å². The smallest absolute Gasteiger partial charge is 0.276 e. The molecule has 38 heavy (non-hydrogen) atoms. The Morgan fingerprint density at radius 2 is 1.37 bits per heavy atom. The lowest BCUT2D eigenvalue weighted by Gasteiger charge is -2.22. The topological polar surface area (TPSA) is 148 Å². The van der Waals surface area contributed by atoms with Gasteiger partial charge in [0.2, 0.25) is 0 Å². The maximum atomic E-state index is 13.0. The SMILES string of the molecule is Cc1ccc(S(=O)(=O)N/N=C(/c2ccc([N+](=O)[O-])cc2)[C@@H]2[C@H](c3ccc([N+](=O)[O-])cc3)N2C(C)(C)C)cc1. The van der Waals surface area contributed by atoms with Crippen LogP contribution >= 0.6 is 0 Å². The summed E-state index contributed by atoms with van der Waals surface area (Å²) in [4.78, 5) is 25.8. The van der Waals surface area contributed by atoms with Crippen LogP contribution in [0.2, 0.25) is 0 Å². The van der Waals surface area contributed by atoms with E-state index in [9.17, 15) is 28.6 Å². The molecule has 1 aliphatic heterocycles. The van der Waals surface area contributed by atoms with Gasteiger partial charge in [-0.15, -0.1) is 0 Å². The van der Waals surface area contributed by atoms with Crippen molar-refractivity contribution in [2.75, 3.05) is 0 Å². The summed E-state index contributed by atoms with van der Waals surface area (Å²) < 4.78 is 26.0. The maximum Gasteiger partial charge on any atom is 0.276 e. The second kappa shape index (κ2) is 9.95. The summed E-state index contributed by atoms with van der Waals surface area (Å²) in [5.74, 6) is 0. The summed E-state index contributed by atoms with van der Waals surface area (Å²) >= 11 is 0. The molecule has 1 saturated heterocycles. The summed E-state index contributed by atoms with van der Waals surface area (Å²) in [5.41, 5.74) is 2.05. The Kier molecular flexibility index (Phi) is 7.04. The molecule has 3 atom stereocenters. The van der Waals surface area contributed by atoms with Gasteiger partial charge in [-0.25, -0.2) is 0 Å². The minimum Gasteiger partial charge on any atom is -0.279 e. The molecule has 11 nitrogen and oxygen atoms in total. The summed E-state index contributed by atoms with van der Waals surface area (Å²) in [6.07, 6.45) is 0. The van der Waals surface area contributed by atoms with Crippen molar-refractivity contribution in [1.82, 2.24) is 9.73 Å². The van der Waals surface area contributed by atoms with E-state index in [-0.39, 0.29) is 27.9 Å². The van der Waals surface area contributed by atoms with E-state index in [0.29, 0.717) is 11.3 Å². The van der Waals surface area contributed by atoms with Gasteiger partial charge in [0.1, 0.15) is 0 Å². The molecular formula is C26H27N5O6S. The Hall–Kier alpha value is -4.16. The molecule has 3 aromatic rings. The molecule has 1 aliphatic rings. The molecule has 0 spiro atoms. The first-order valence-electron chi connectivity index (χ1n) is 11.7. The number of hydrogen-bond donors (Lipinski definition) is 1. The van der Waals surface area contributed by atoms with E-state index in [4.69, 9.17) is 0 Å². The number of nitro groups is 2. The van der Waals surface area contributed by atoms with Crippen LogP contribution in [0.25, 0.3) is 0 Å². The molecule has 0 saturated carbocycles. The maximum absolute atomic E-state index is 13.0. The Labute approximate surface area is 220 Å². The van der Waals surface area contributed by atoms with Crippen LogP contribution in [0.1, 0.15) is 43.5 Å². The number of sulfonamides is 1. The normalized spacial score (nSPS) is 19.6. The monoisotopic (exact) mass is 537 g/mol. The lowest BCUT2D eigenvalue weighted by atomic mass is 10.0. The van der Waals surface area contributed by atoms with Crippen LogP contribution in [-0.4, -0.2) is 40.5 Å². The molecule has 0 amide bonds. The number of hydrazone groups is 1. The van der Waals surface area contributed by atoms with Gasteiger partial charge in [0.05, 0.1) is 32.5 Å². The largest absolute Gasteiger partial charge is 0.279 e. The van der Waals surface area contributed by atoms with Gasteiger partial charge in [0.15, 0.2) is 0 Å². The van der Waals surface area contributed by atoms with Crippen molar-refractivity contribution in [3.05, 3.63) is 110 Å². The highest BCUT2D eigenvalue weighted by molar-refractivity contribution is 7.89. The molecular weight excluding hydrogens is 510 g/mol. The van der Waals surface area contributed by atoms with Crippen molar-refractivity contribution in [1.29, 1.82) is 0 Å². The van der Waals surface area contributed by atoms with Crippen molar-refractivity contribution in [3.63, 3.8) is 0 Å². The highest BCUT2D eigenvalue weighted by Gasteiger charge is 2.56. The second-order valence-corrected chi connectivity index (χ2v) is 11.7. The number of rotatable bonds is 8. The highest BCUT2D eigenvalue weighted by atomic mass is 32.2. The molecule has 3 aromatic carbocycles. The number of nitro benzene ring substituents is 2. The minimum atomic E-state index is -4.00. The molecule has 0 radical (unpaired) electrons. The van der Waals surface area contributed by atoms with Crippen LogP contribution in [0.3, 0.4) is 0 Å². The second-order valence-electron chi connectivity index (χ2n) is 10.0. The first kappa shape index (κ1) is 26.9. The van der Waals surface area contributed by atoms with Gasteiger partial charge in [-0.1, -0.05) is 29.8 Å². The van der Waals surface area contributed by atoms with E-state index in [2.05, 4.69) is 14.8 Å². The van der Waals surface area contributed by atoms with E-state index < -0.39 is 25.9 Å². The summed E-state index contributed by atoms with van der Waals surface area (Å²) in [7, 11) is -4.00. The first-order chi connectivity index (χ1) is 17.8. The van der Waals surface area contributed by atoms with Crippen LogP contribution in [0, 0.1) is 27.2 Å². The van der Waals surface area contributed by atoms with Gasteiger partial charge in [-0.05, 0) is 63.1 Å². The van der Waals surface area contributed by atoms with Crippen molar-refractivity contribution >= 4 is 27.1 Å².